The predicted molar refractivity (Wildman–Crippen MR) is 112 cm³/mol. The Balaban J connectivity index is 2.36. The molecule has 5 heteroatoms. The second-order valence-electron chi connectivity index (χ2n) is 6.77. The molecular weight excluding hydrogens is 392 g/mol. The second kappa shape index (κ2) is 8.57. The Morgan fingerprint density at radius 1 is 0.933 bits per heavy atom. The first-order valence-electron chi connectivity index (χ1n) is 9.37. The quantitative estimate of drug-likeness (QED) is 0.339. The Kier molecular flexibility index (Phi) is 6.11. The van der Waals surface area contributed by atoms with Crippen LogP contribution in [0.15, 0.2) is 73.3 Å². The van der Waals surface area contributed by atoms with Gasteiger partial charge < -0.3 is 5.11 Å². The van der Waals surface area contributed by atoms with Crippen molar-refractivity contribution in [3.63, 3.8) is 0 Å². The lowest BCUT2D eigenvalue weighted by molar-refractivity contribution is -0.138. The van der Waals surface area contributed by atoms with Gasteiger partial charge in [0.15, 0.2) is 0 Å². The van der Waals surface area contributed by atoms with E-state index in [1.54, 1.807) is 25.1 Å². The fraction of sp³-hybridized carbons (Fsp3) is 0.120. The number of allylic oxidation sites excluding steroid dienone is 1. The van der Waals surface area contributed by atoms with E-state index in [1.807, 2.05) is 24.3 Å². The minimum absolute atomic E-state index is 0.0518. The van der Waals surface area contributed by atoms with E-state index in [2.05, 4.69) is 6.58 Å². The van der Waals surface area contributed by atoms with E-state index < -0.39 is 17.6 Å². The van der Waals surface area contributed by atoms with E-state index in [-0.39, 0.29) is 17.7 Å². The van der Waals surface area contributed by atoms with Crippen molar-refractivity contribution in [3.8, 4) is 5.75 Å². The zero-order chi connectivity index (χ0) is 21.9. The van der Waals surface area contributed by atoms with Crippen molar-refractivity contribution in [3.05, 3.63) is 107 Å². The minimum atomic E-state index is -4.70. The Hall–Kier alpha value is -3.34. The fourth-order valence-electron chi connectivity index (χ4n) is 3.45. The first-order chi connectivity index (χ1) is 14.2. The summed E-state index contributed by atoms with van der Waals surface area (Å²) >= 11 is 0. The van der Waals surface area contributed by atoms with Crippen molar-refractivity contribution >= 4 is 17.2 Å². The smallest absolute Gasteiger partial charge is 0.417 e. The fourth-order valence-corrected chi connectivity index (χ4v) is 3.45. The maximum atomic E-state index is 13.7. The lowest BCUT2D eigenvalue weighted by Gasteiger charge is -2.20. The zero-order valence-electron chi connectivity index (χ0n) is 16.3. The van der Waals surface area contributed by atoms with Crippen LogP contribution >= 0.6 is 0 Å². The van der Waals surface area contributed by atoms with Gasteiger partial charge in [0.25, 0.3) is 0 Å². The Bertz CT molecular complexity index is 1080. The molecule has 0 amide bonds. The highest BCUT2D eigenvalue weighted by atomic mass is 19.4. The molecule has 0 saturated heterocycles. The Labute approximate surface area is 172 Å². The molecule has 0 saturated carbocycles. The Morgan fingerprint density at radius 2 is 1.50 bits per heavy atom. The average Bonchev–Trinajstić information content (AvgIpc) is 2.73. The number of benzene rings is 3. The van der Waals surface area contributed by atoms with Crippen molar-refractivity contribution in [2.75, 3.05) is 0 Å². The standard InChI is InChI=1S/C25H20F4O/c1-3-16-5-7-17(8-6-16)24(18-9-12-20(30)13-10-18)21(4-2)22-14-11-19(26)15-23(22)25(27,28)29/h3,5-15,30H,1,4H2,2H3/b24-21+. The van der Waals surface area contributed by atoms with Gasteiger partial charge in [0.05, 0.1) is 5.56 Å². The normalized spacial score (nSPS) is 12.4. The summed E-state index contributed by atoms with van der Waals surface area (Å²) in [6.07, 6.45) is -2.74. The van der Waals surface area contributed by atoms with Crippen LogP contribution in [-0.4, -0.2) is 5.11 Å². The average molecular weight is 412 g/mol. The molecule has 0 aliphatic rings. The van der Waals surface area contributed by atoms with Crippen LogP contribution < -0.4 is 0 Å². The molecule has 3 aromatic rings. The third-order valence-corrected chi connectivity index (χ3v) is 4.86. The molecule has 0 fully saturated rings. The van der Waals surface area contributed by atoms with Crippen molar-refractivity contribution < 1.29 is 22.7 Å². The van der Waals surface area contributed by atoms with Gasteiger partial charge in [-0.3, -0.25) is 0 Å². The molecular formula is C25H20F4O. The van der Waals surface area contributed by atoms with E-state index in [9.17, 15) is 22.7 Å². The zero-order valence-corrected chi connectivity index (χ0v) is 16.3. The summed E-state index contributed by atoms with van der Waals surface area (Å²) in [5.41, 5.74) is 2.17. The Morgan fingerprint density at radius 3 is 2.00 bits per heavy atom. The topological polar surface area (TPSA) is 20.2 Å². The van der Waals surface area contributed by atoms with Gasteiger partial charge in [0.2, 0.25) is 0 Å². The molecule has 3 aromatic carbocycles. The van der Waals surface area contributed by atoms with Crippen molar-refractivity contribution in [2.45, 2.75) is 19.5 Å². The summed E-state index contributed by atoms with van der Waals surface area (Å²) in [4.78, 5) is 0. The molecule has 154 valence electrons. The number of phenols is 1. The molecule has 0 radical (unpaired) electrons. The maximum Gasteiger partial charge on any atom is 0.417 e. The minimum Gasteiger partial charge on any atom is -0.508 e. The van der Waals surface area contributed by atoms with Crippen molar-refractivity contribution in [2.24, 2.45) is 0 Å². The highest BCUT2D eigenvalue weighted by Gasteiger charge is 2.35. The molecule has 0 spiro atoms. The predicted octanol–water partition coefficient (Wildman–Crippen LogP) is 7.56. The highest BCUT2D eigenvalue weighted by Crippen LogP contribution is 2.41. The number of hydrogen-bond acceptors (Lipinski definition) is 1. The molecule has 3 rings (SSSR count). The van der Waals surface area contributed by atoms with Crippen molar-refractivity contribution in [1.29, 1.82) is 0 Å². The summed E-state index contributed by atoms with van der Waals surface area (Å²) in [5.74, 6) is -0.890. The van der Waals surface area contributed by atoms with Gasteiger partial charge >= 0.3 is 6.18 Å². The summed E-state index contributed by atoms with van der Waals surface area (Å²) in [6.45, 7) is 5.48. The van der Waals surface area contributed by atoms with Crippen LogP contribution in [0.1, 0.15) is 41.2 Å². The summed E-state index contributed by atoms with van der Waals surface area (Å²) in [5, 5.41) is 9.65. The molecule has 0 bridgehead atoms. The molecule has 30 heavy (non-hydrogen) atoms. The summed E-state index contributed by atoms with van der Waals surface area (Å²) < 4.78 is 54.8. The summed E-state index contributed by atoms with van der Waals surface area (Å²) in [7, 11) is 0. The molecule has 0 atom stereocenters. The van der Waals surface area contributed by atoms with E-state index >= 15 is 0 Å². The molecule has 1 N–H and O–H groups in total. The molecule has 1 nitrogen and oxygen atoms in total. The largest absolute Gasteiger partial charge is 0.508 e. The van der Waals surface area contributed by atoms with Crippen molar-refractivity contribution in [1.82, 2.24) is 0 Å². The third-order valence-electron chi connectivity index (χ3n) is 4.86. The number of aromatic hydroxyl groups is 1. The van der Waals surface area contributed by atoms with Gasteiger partial charge in [-0.15, -0.1) is 0 Å². The second-order valence-corrected chi connectivity index (χ2v) is 6.77. The molecule has 0 aliphatic carbocycles. The van der Waals surface area contributed by atoms with Crippen LogP contribution in [0.25, 0.3) is 17.2 Å². The van der Waals surface area contributed by atoms with Crippen LogP contribution in [0.3, 0.4) is 0 Å². The van der Waals surface area contributed by atoms with Crippen LogP contribution in [0, 0.1) is 5.82 Å². The van der Waals surface area contributed by atoms with E-state index in [0.717, 1.165) is 11.6 Å². The lowest BCUT2D eigenvalue weighted by atomic mass is 9.86. The van der Waals surface area contributed by atoms with Gasteiger partial charge in [-0.2, -0.15) is 13.2 Å². The first-order valence-corrected chi connectivity index (χ1v) is 9.37. The van der Waals surface area contributed by atoms with Gasteiger partial charge in [0, 0.05) is 0 Å². The van der Waals surface area contributed by atoms with Gasteiger partial charge in [0.1, 0.15) is 11.6 Å². The summed E-state index contributed by atoms with van der Waals surface area (Å²) in [6, 6.07) is 16.3. The number of alkyl halides is 3. The van der Waals surface area contributed by atoms with Crippen LogP contribution in [-0.2, 0) is 6.18 Å². The number of phenolic OH excluding ortho intramolecular Hbond substituents is 1. The third kappa shape index (κ3) is 4.46. The number of rotatable bonds is 5. The highest BCUT2D eigenvalue weighted by molar-refractivity contribution is 5.99. The lowest BCUT2D eigenvalue weighted by Crippen LogP contribution is -2.10. The van der Waals surface area contributed by atoms with Crippen LogP contribution in [0.5, 0.6) is 5.75 Å². The maximum absolute atomic E-state index is 13.7. The molecule has 0 heterocycles. The monoisotopic (exact) mass is 412 g/mol. The van der Waals surface area contributed by atoms with Crippen LogP contribution in [0.2, 0.25) is 0 Å². The van der Waals surface area contributed by atoms with E-state index in [4.69, 9.17) is 0 Å². The van der Waals surface area contributed by atoms with Crippen LogP contribution in [0.4, 0.5) is 17.6 Å². The van der Waals surface area contributed by atoms with Gasteiger partial charge in [-0.05, 0) is 64.1 Å². The van der Waals surface area contributed by atoms with Gasteiger partial charge in [-0.1, -0.05) is 62.0 Å². The van der Waals surface area contributed by atoms with Gasteiger partial charge in [-0.25, -0.2) is 4.39 Å². The SMILES string of the molecule is C=Cc1ccc(/C(=C(/CC)c2ccc(F)cc2C(F)(F)F)c2ccc(O)cc2)cc1. The molecule has 0 unspecified atom stereocenters. The number of halogens is 4. The van der Waals surface area contributed by atoms with E-state index in [1.165, 1.54) is 18.2 Å². The molecule has 0 aliphatic heterocycles. The molecule has 0 aromatic heterocycles. The number of hydrogen-bond donors (Lipinski definition) is 1. The van der Waals surface area contributed by atoms with E-state index in [0.29, 0.717) is 28.3 Å². The first kappa shape index (κ1) is 21.4.